The van der Waals surface area contributed by atoms with Gasteiger partial charge in [-0.05, 0) is 37.3 Å². The predicted molar refractivity (Wildman–Crippen MR) is 67.8 cm³/mol. The molecule has 0 bridgehead atoms. The lowest BCUT2D eigenvalue weighted by Crippen LogP contribution is -2.34. The second kappa shape index (κ2) is 6.14. The van der Waals surface area contributed by atoms with E-state index in [0.29, 0.717) is 12.1 Å². The molecule has 2 rings (SSSR count). The molecule has 5 nitrogen and oxygen atoms in total. The summed E-state index contributed by atoms with van der Waals surface area (Å²) in [5, 5.41) is 15.9. The first-order valence-electron chi connectivity index (χ1n) is 5.78. The highest BCUT2D eigenvalue weighted by Gasteiger charge is 2.18. The minimum absolute atomic E-state index is 0.334. The summed E-state index contributed by atoms with van der Waals surface area (Å²) in [7, 11) is 0. The van der Waals surface area contributed by atoms with Crippen LogP contribution in [0.1, 0.15) is 12.8 Å². The summed E-state index contributed by atoms with van der Waals surface area (Å²) in [5.74, 6) is -1.83. The number of anilines is 1. The van der Waals surface area contributed by atoms with E-state index in [-0.39, 0.29) is 6.17 Å². The fourth-order valence-corrected chi connectivity index (χ4v) is 1.51. The number of hydrazine groups is 1. The summed E-state index contributed by atoms with van der Waals surface area (Å²) in [4.78, 5) is 0. The number of halogens is 2. The van der Waals surface area contributed by atoms with Crippen molar-refractivity contribution in [2.45, 2.75) is 19.0 Å². The largest absolute Gasteiger partial charge is 0.313 e. The van der Waals surface area contributed by atoms with Gasteiger partial charge in [0, 0.05) is 6.07 Å². The summed E-state index contributed by atoms with van der Waals surface area (Å²) in [6.07, 6.45) is 6.11. The molecule has 0 amide bonds. The number of nitrogens with zero attached hydrogens (tertiary/aromatic N) is 3. The molecule has 7 heteroatoms. The molecule has 0 aliphatic carbocycles. The van der Waals surface area contributed by atoms with Crippen molar-refractivity contribution in [2.75, 3.05) is 5.12 Å². The molecule has 19 heavy (non-hydrogen) atoms. The third kappa shape index (κ3) is 3.41. The fraction of sp³-hybridized carbons (Fsp3) is 0.250. The molecule has 2 N–H and O–H groups in total. The molecule has 1 heterocycles. The first-order valence-corrected chi connectivity index (χ1v) is 5.78. The van der Waals surface area contributed by atoms with E-state index < -0.39 is 11.6 Å². The van der Waals surface area contributed by atoms with Gasteiger partial charge in [-0.2, -0.15) is 10.5 Å². The van der Waals surface area contributed by atoms with Crippen LogP contribution in [0.2, 0.25) is 0 Å². The van der Waals surface area contributed by atoms with Gasteiger partial charge >= 0.3 is 0 Å². The second-order valence-electron chi connectivity index (χ2n) is 3.90. The summed E-state index contributed by atoms with van der Waals surface area (Å²) in [6.45, 7) is 0. The van der Waals surface area contributed by atoms with Gasteiger partial charge in [-0.25, -0.2) is 8.78 Å². The van der Waals surface area contributed by atoms with Gasteiger partial charge in [0.2, 0.25) is 0 Å². The average molecular weight is 265 g/mol. The Morgan fingerprint density at radius 3 is 2.89 bits per heavy atom. The molecule has 0 spiro atoms. The number of rotatable bonds is 5. The van der Waals surface area contributed by atoms with Crippen LogP contribution in [0.15, 0.2) is 40.7 Å². The Bertz CT molecular complexity index is 515. The van der Waals surface area contributed by atoms with E-state index in [0.717, 1.165) is 18.6 Å². The van der Waals surface area contributed by atoms with Crippen LogP contribution in [-0.4, -0.2) is 12.4 Å². The molecule has 0 radical (unpaired) electrons. The van der Waals surface area contributed by atoms with Crippen LogP contribution in [-0.2, 0) is 0 Å². The van der Waals surface area contributed by atoms with Crippen molar-refractivity contribution in [3.8, 4) is 0 Å². The Kier molecular flexibility index (Phi) is 4.30. The number of unbranched alkanes of at least 4 members (excludes halogenated alkanes) is 1. The van der Waals surface area contributed by atoms with Gasteiger partial charge in [0.15, 0.2) is 17.8 Å². The number of hydrogen-bond acceptors (Lipinski definition) is 5. The summed E-state index contributed by atoms with van der Waals surface area (Å²) in [5.41, 5.74) is 3.27. The number of benzene rings is 1. The molecule has 1 aliphatic rings. The van der Waals surface area contributed by atoms with Gasteiger partial charge in [0.25, 0.3) is 0 Å². The predicted octanol–water partition coefficient (Wildman–Crippen LogP) is 2.97. The normalized spacial score (nSPS) is 18.4. The zero-order valence-electron chi connectivity index (χ0n) is 10.1. The van der Waals surface area contributed by atoms with E-state index in [1.165, 1.54) is 17.4 Å². The zero-order valence-corrected chi connectivity index (χ0v) is 10.1. The van der Waals surface area contributed by atoms with Crippen LogP contribution in [0.4, 0.5) is 14.5 Å². The summed E-state index contributed by atoms with van der Waals surface area (Å²) in [6, 6.07) is 3.49. The van der Waals surface area contributed by atoms with Crippen molar-refractivity contribution >= 4 is 11.9 Å². The average Bonchev–Trinajstić information content (AvgIpc) is 2.87. The third-order valence-electron chi connectivity index (χ3n) is 2.46. The lowest BCUT2D eigenvalue weighted by molar-refractivity contribution is 0.507. The Hall–Kier alpha value is -2.15. The first-order chi connectivity index (χ1) is 9.20. The molecule has 1 unspecified atom stereocenters. The van der Waals surface area contributed by atoms with Gasteiger partial charge in [-0.1, -0.05) is 11.3 Å². The minimum Gasteiger partial charge on any atom is -0.313 e. The molecule has 1 atom stereocenters. The Morgan fingerprint density at radius 2 is 2.16 bits per heavy atom. The number of hydrogen-bond donors (Lipinski definition) is 2. The van der Waals surface area contributed by atoms with Crippen LogP contribution in [0.3, 0.4) is 0 Å². The van der Waals surface area contributed by atoms with Crippen molar-refractivity contribution in [1.82, 2.24) is 5.43 Å². The standard InChI is InChI=1S/C12H13F2N5/c13-10-6-5-9(8-11(10)14)19-17-12(16-18-19)4-2-1-3-7-15/h2,4-8,12,15,17H,1,3H2/b4-2+,15-7?. The highest BCUT2D eigenvalue weighted by atomic mass is 19.2. The molecule has 0 fully saturated rings. The van der Waals surface area contributed by atoms with E-state index in [1.54, 1.807) is 6.08 Å². The maximum absolute atomic E-state index is 13.1. The molecule has 1 aromatic carbocycles. The minimum atomic E-state index is -0.931. The highest BCUT2D eigenvalue weighted by molar-refractivity contribution is 5.52. The topological polar surface area (TPSA) is 63.8 Å². The molecule has 1 aliphatic heterocycles. The van der Waals surface area contributed by atoms with E-state index in [4.69, 9.17) is 5.41 Å². The second-order valence-corrected chi connectivity index (χ2v) is 3.90. The maximum atomic E-state index is 13.1. The van der Waals surface area contributed by atoms with Crippen molar-refractivity contribution in [3.63, 3.8) is 0 Å². The Balaban J connectivity index is 1.95. The first kappa shape index (κ1) is 13.3. The van der Waals surface area contributed by atoms with E-state index in [2.05, 4.69) is 15.8 Å². The lowest BCUT2D eigenvalue weighted by atomic mass is 10.3. The van der Waals surface area contributed by atoms with E-state index in [9.17, 15) is 8.78 Å². The van der Waals surface area contributed by atoms with Crippen molar-refractivity contribution in [3.05, 3.63) is 42.0 Å². The number of allylic oxidation sites excluding steroid dienone is 1. The molecular weight excluding hydrogens is 252 g/mol. The Morgan fingerprint density at radius 1 is 1.32 bits per heavy atom. The Labute approximate surface area is 109 Å². The van der Waals surface area contributed by atoms with E-state index in [1.807, 2.05) is 6.08 Å². The van der Waals surface area contributed by atoms with Crippen LogP contribution < -0.4 is 10.5 Å². The lowest BCUT2D eigenvalue weighted by Gasteiger charge is -2.13. The monoisotopic (exact) mass is 265 g/mol. The smallest absolute Gasteiger partial charge is 0.161 e. The van der Waals surface area contributed by atoms with Gasteiger partial charge in [0.1, 0.15) is 0 Å². The van der Waals surface area contributed by atoms with Crippen LogP contribution >= 0.6 is 0 Å². The van der Waals surface area contributed by atoms with Crippen LogP contribution in [0.5, 0.6) is 0 Å². The summed E-state index contributed by atoms with van der Waals surface area (Å²) < 4.78 is 25.9. The van der Waals surface area contributed by atoms with Gasteiger partial charge in [0.05, 0.1) is 5.69 Å². The zero-order chi connectivity index (χ0) is 13.7. The van der Waals surface area contributed by atoms with Crippen molar-refractivity contribution < 1.29 is 8.78 Å². The van der Waals surface area contributed by atoms with Crippen LogP contribution in [0, 0.1) is 17.0 Å². The van der Waals surface area contributed by atoms with Crippen molar-refractivity contribution in [2.24, 2.45) is 10.3 Å². The van der Waals surface area contributed by atoms with Crippen LogP contribution in [0.25, 0.3) is 0 Å². The molecular formula is C12H13F2N5. The fourth-order valence-electron chi connectivity index (χ4n) is 1.51. The third-order valence-corrected chi connectivity index (χ3v) is 2.46. The molecule has 0 aromatic heterocycles. The molecule has 1 aromatic rings. The molecule has 0 saturated carbocycles. The summed E-state index contributed by atoms with van der Waals surface area (Å²) >= 11 is 0. The maximum Gasteiger partial charge on any atom is 0.161 e. The van der Waals surface area contributed by atoms with E-state index >= 15 is 0 Å². The molecule has 100 valence electrons. The van der Waals surface area contributed by atoms with Gasteiger partial charge in [-0.15, -0.1) is 5.11 Å². The number of nitrogens with one attached hydrogen (secondary N) is 2. The highest BCUT2D eigenvalue weighted by Crippen LogP contribution is 2.20. The van der Waals surface area contributed by atoms with Crippen molar-refractivity contribution in [1.29, 1.82) is 5.41 Å². The van der Waals surface area contributed by atoms with Gasteiger partial charge in [-0.3, -0.25) is 0 Å². The van der Waals surface area contributed by atoms with Gasteiger partial charge < -0.3 is 5.41 Å². The SMILES string of the molecule is N=CCC/C=C/C1N=NN(c2ccc(F)c(F)c2)N1. The molecule has 0 saturated heterocycles. The quantitative estimate of drug-likeness (QED) is 0.488.